The summed E-state index contributed by atoms with van der Waals surface area (Å²) >= 11 is 5.05. The van der Waals surface area contributed by atoms with Crippen molar-refractivity contribution in [3.05, 3.63) is 59.4 Å². The van der Waals surface area contributed by atoms with Crippen LogP contribution in [0.1, 0.15) is 18.1 Å². The third kappa shape index (κ3) is 5.72. The first kappa shape index (κ1) is 18.7. The minimum Gasteiger partial charge on any atom is -0.493 e. The van der Waals surface area contributed by atoms with Crippen molar-refractivity contribution in [1.29, 1.82) is 0 Å². The van der Waals surface area contributed by atoms with Gasteiger partial charge >= 0.3 is 0 Å². The van der Waals surface area contributed by atoms with Crippen LogP contribution in [0.4, 0.5) is 4.39 Å². The van der Waals surface area contributed by atoms with Crippen molar-refractivity contribution in [3.63, 3.8) is 0 Å². The zero-order valence-corrected chi connectivity index (χ0v) is 15.0. The van der Waals surface area contributed by atoms with E-state index in [4.69, 9.17) is 21.7 Å². The molecule has 0 aliphatic rings. The van der Waals surface area contributed by atoms with Crippen LogP contribution in [0.5, 0.6) is 11.5 Å². The molecule has 0 fully saturated rings. The number of hydrogen-bond donors (Lipinski definition) is 3. The molecule has 0 heterocycles. The molecule has 0 saturated heterocycles. The Bertz CT molecular complexity index is 753. The van der Waals surface area contributed by atoms with Gasteiger partial charge in [0.1, 0.15) is 12.4 Å². The van der Waals surface area contributed by atoms with Gasteiger partial charge in [-0.05, 0) is 43.4 Å². The van der Waals surface area contributed by atoms with E-state index >= 15 is 0 Å². The molecule has 0 aromatic heterocycles. The maximum atomic E-state index is 13.7. The van der Waals surface area contributed by atoms with Gasteiger partial charge in [0.25, 0.3) is 0 Å². The van der Waals surface area contributed by atoms with Crippen LogP contribution >= 0.6 is 12.2 Å². The van der Waals surface area contributed by atoms with Crippen LogP contribution in [0.15, 0.2) is 42.5 Å². The summed E-state index contributed by atoms with van der Waals surface area (Å²) in [5, 5.41) is 6.37. The maximum absolute atomic E-state index is 13.7. The largest absolute Gasteiger partial charge is 0.493 e. The van der Waals surface area contributed by atoms with Gasteiger partial charge in [-0.25, -0.2) is 4.39 Å². The fourth-order valence-corrected chi connectivity index (χ4v) is 2.26. The van der Waals surface area contributed by atoms with Crippen molar-refractivity contribution in [1.82, 2.24) is 10.7 Å². The Labute approximate surface area is 151 Å². The predicted octanol–water partition coefficient (Wildman–Crippen LogP) is 1.31. The summed E-state index contributed by atoms with van der Waals surface area (Å²) in [7, 11) is 1.56. The molecular weight excluding hydrogens is 341 g/mol. The van der Waals surface area contributed by atoms with Crippen LogP contribution in [0.25, 0.3) is 0 Å². The lowest BCUT2D eigenvalue weighted by Gasteiger charge is -2.11. The highest BCUT2D eigenvalue weighted by Gasteiger charge is 2.08. The molecule has 0 amide bonds. The topological polar surface area (TPSA) is 56.5 Å². The molecule has 7 heteroatoms. The molecule has 3 N–H and O–H groups in total. The summed E-state index contributed by atoms with van der Waals surface area (Å²) in [5.41, 5.74) is 4.19. The Morgan fingerprint density at radius 3 is 2.76 bits per heavy atom. The van der Waals surface area contributed by atoms with Crippen molar-refractivity contribution < 1.29 is 19.0 Å². The van der Waals surface area contributed by atoms with E-state index in [0.717, 1.165) is 12.1 Å². The van der Waals surface area contributed by atoms with E-state index in [1.54, 1.807) is 37.6 Å². The summed E-state index contributed by atoms with van der Waals surface area (Å²) < 4.78 is 24.7. The minimum absolute atomic E-state index is 0.128. The van der Waals surface area contributed by atoms with Crippen LogP contribution in [-0.2, 0) is 6.61 Å². The van der Waals surface area contributed by atoms with Gasteiger partial charge in [-0.2, -0.15) is 0 Å². The Morgan fingerprint density at radius 2 is 2.04 bits per heavy atom. The van der Waals surface area contributed by atoms with Gasteiger partial charge in [-0.1, -0.05) is 18.2 Å². The second-order valence-electron chi connectivity index (χ2n) is 5.06. The van der Waals surface area contributed by atoms with Gasteiger partial charge in [-0.15, -0.1) is 10.5 Å². The number of hydrogen-bond acceptors (Lipinski definition) is 3. The van der Waals surface area contributed by atoms with Crippen molar-refractivity contribution >= 4 is 23.5 Å². The number of ether oxygens (including phenoxy) is 2. The first-order valence-electron chi connectivity index (χ1n) is 7.81. The number of hydrazine groups is 1. The zero-order valence-electron chi connectivity index (χ0n) is 14.1. The van der Waals surface area contributed by atoms with Gasteiger partial charge in [0.05, 0.1) is 7.11 Å². The molecule has 132 valence electrons. The van der Waals surface area contributed by atoms with E-state index in [9.17, 15) is 4.39 Å². The van der Waals surface area contributed by atoms with Crippen molar-refractivity contribution in [2.75, 3.05) is 13.7 Å². The lowest BCUT2D eigenvalue weighted by atomic mass is 10.2. The fourth-order valence-electron chi connectivity index (χ4n) is 2.05. The van der Waals surface area contributed by atoms with E-state index in [-0.39, 0.29) is 12.4 Å². The lowest BCUT2D eigenvalue weighted by molar-refractivity contribution is -0.500. The smallest absolute Gasteiger partial charge is 0.223 e. The molecular formula is C18H21FN3O2S+. The Kier molecular flexibility index (Phi) is 7.16. The number of methoxy groups -OCH3 is 1. The predicted molar refractivity (Wildman–Crippen MR) is 99.3 cm³/mol. The van der Waals surface area contributed by atoms with E-state index in [1.165, 1.54) is 6.07 Å². The molecule has 2 aromatic carbocycles. The van der Waals surface area contributed by atoms with Crippen molar-refractivity contribution in [2.45, 2.75) is 13.5 Å². The Balaban J connectivity index is 2.02. The number of rotatable bonds is 7. The standard InChI is InChI=1S/C18H20FN3O2S/c1-3-20-18(25)22-21-11-13-8-9-16(17(10-13)23-2)24-12-14-6-4-5-7-15(14)19/h4-11H,3,12H2,1-2H3,(H2,20,22,25)/p+1. The summed E-state index contributed by atoms with van der Waals surface area (Å²) in [6.07, 6.45) is 1.74. The monoisotopic (exact) mass is 362 g/mol. The van der Waals surface area contributed by atoms with Gasteiger partial charge in [-0.3, -0.25) is 0 Å². The number of halogens is 1. The molecule has 0 saturated carbocycles. The average molecular weight is 362 g/mol. The maximum Gasteiger partial charge on any atom is 0.223 e. The van der Waals surface area contributed by atoms with E-state index in [1.807, 2.05) is 19.1 Å². The summed E-state index contributed by atoms with van der Waals surface area (Å²) in [5.74, 6) is 0.804. The second kappa shape index (κ2) is 9.58. The molecule has 0 aliphatic carbocycles. The number of hydrazone groups is 1. The Morgan fingerprint density at radius 1 is 1.24 bits per heavy atom. The number of benzene rings is 2. The SMILES string of the molecule is CCNC(=S)N[NH+]=Cc1ccc(OCc2ccccc2F)c(OC)c1. The highest BCUT2D eigenvalue weighted by atomic mass is 32.1. The summed E-state index contributed by atoms with van der Waals surface area (Å²) in [4.78, 5) is 0. The molecule has 2 rings (SSSR count). The van der Waals surface area contributed by atoms with Crippen LogP contribution in [-0.4, -0.2) is 25.0 Å². The quantitative estimate of drug-likeness (QED) is 0.394. The highest BCUT2D eigenvalue weighted by Crippen LogP contribution is 2.28. The highest BCUT2D eigenvalue weighted by molar-refractivity contribution is 7.80. The van der Waals surface area contributed by atoms with E-state index < -0.39 is 0 Å². The van der Waals surface area contributed by atoms with Crippen LogP contribution in [0.3, 0.4) is 0 Å². The van der Waals surface area contributed by atoms with E-state index in [2.05, 4.69) is 15.8 Å². The second-order valence-corrected chi connectivity index (χ2v) is 5.47. The van der Waals surface area contributed by atoms with Gasteiger partial charge in [0, 0.05) is 17.7 Å². The fraction of sp³-hybridized carbons (Fsp3) is 0.222. The normalized spacial score (nSPS) is 10.5. The van der Waals surface area contributed by atoms with Crippen LogP contribution in [0, 0.1) is 5.82 Å². The first-order valence-corrected chi connectivity index (χ1v) is 8.21. The van der Waals surface area contributed by atoms with Crippen molar-refractivity contribution in [2.24, 2.45) is 0 Å². The minimum atomic E-state index is -0.293. The zero-order chi connectivity index (χ0) is 18.1. The molecule has 0 unspecified atom stereocenters. The Hall–Kier alpha value is -2.67. The van der Waals surface area contributed by atoms with Crippen molar-refractivity contribution in [3.8, 4) is 11.5 Å². The van der Waals surface area contributed by atoms with Gasteiger partial charge in [0.2, 0.25) is 5.11 Å². The first-order chi connectivity index (χ1) is 12.1. The molecule has 5 nitrogen and oxygen atoms in total. The lowest BCUT2D eigenvalue weighted by Crippen LogP contribution is -2.82. The molecule has 0 spiro atoms. The number of thiocarbonyl (C=S) groups is 1. The third-order valence-corrected chi connectivity index (χ3v) is 3.54. The van der Waals surface area contributed by atoms with E-state index in [0.29, 0.717) is 22.2 Å². The number of nitrogens with one attached hydrogen (secondary N) is 3. The van der Waals surface area contributed by atoms with Crippen LogP contribution in [0.2, 0.25) is 0 Å². The molecule has 0 bridgehead atoms. The molecule has 25 heavy (non-hydrogen) atoms. The summed E-state index contributed by atoms with van der Waals surface area (Å²) in [6.45, 7) is 2.83. The third-order valence-electron chi connectivity index (χ3n) is 3.29. The molecule has 0 radical (unpaired) electrons. The molecule has 2 aromatic rings. The van der Waals surface area contributed by atoms with Crippen LogP contribution < -0.4 is 25.3 Å². The molecule has 0 aliphatic heterocycles. The van der Waals surface area contributed by atoms with Gasteiger partial charge in [0.15, 0.2) is 17.7 Å². The molecule has 0 atom stereocenters. The average Bonchev–Trinajstić information content (AvgIpc) is 2.62. The van der Waals surface area contributed by atoms with Gasteiger partial charge < -0.3 is 14.8 Å². The summed E-state index contributed by atoms with van der Waals surface area (Å²) in [6, 6.07) is 11.9.